The van der Waals surface area contributed by atoms with Crippen LogP contribution in [0.4, 0.5) is 10.5 Å². The van der Waals surface area contributed by atoms with E-state index in [2.05, 4.69) is 20.9 Å². The zero-order valence-electron chi connectivity index (χ0n) is 16.5. The fourth-order valence-corrected chi connectivity index (χ4v) is 4.87. The minimum Gasteiger partial charge on any atom is -0.450 e. The Balaban J connectivity index is 1.55. The lowest BCUT2D eigenvalue weighted by Crippen LogP contribution is -2.52. The van der Waals surface area contributed by atoms with Gasteiger partial charge in [-0.05, 0) is 25.0 Å². The summed E-state index contributed by atoms with van der Waals surface area (Å²) in [7, 11) is 1.87. The molecule has 0 saturated heterocycles. The maximum atomic E-state index is 12.7. The molecule has 1 aliphatic heterocycles. The normalized spacial score (nSPS) is 17.5. The van der Waals surface area contributed by atoms with E-state index in [0.29, 0.717) is 22.8 Å². The summed E-state index contributed by atoms with van der Waals surface area (Å²) in [6.45, 7) is 0.340. The second-order valence-electron chi connectivity index (χ2n) is 8.04. The Hall–Kier alpha value is -3.00. The van der Waals surface area contributed by atoms with Gasteiger partial charge < -0.3 is 24.9 Å². The summed E-state index contributed by atoms with van der Waals surface area (Å²) < 4.78 is 7.91. The van der Waals surface area contributed by atoms with E-state index in [4.69, 9.17) is 16.0 Å². The number of nitrogens with zero attached hydrogens (tertiary/aromatic N) is 2. The number of urea groups is 1. The van der Waals surface area contributed by atoms with Crippen molar-refractivity contribution in [3.8, 4) is 0 Å². The van der Waals surface area contributed by atoms with Crippen molar-refractivity contribution < 1.29 is 14.0 Å². The molecule has 0 bridgehead atoms. The Kier molecular flexibility index (Phi) is 4.47. The quantitative estimate of drug-likeness (QED) is 0.587. The highest BCUT2D eigenvalue weighted by Crippen LogP contribution is 2.48. The zero-order chi connectivity index (χ0) is 20.9. The molecule has 2 aromatic heterocycles. The van der Waals surface area contributed by atoms with Crippen LogP contribution >= 0.6 is 11.6 Å². The smallest absolute Gasteiger partial charge is 0.319 e. The summed E-state index contributed by atoms with van der Waals surface area (Å²) >= 11 is 6.53. The lowest BCUT2D eigenvalue weighted by molar-refractivity contribution is 0.0924. The number of aromatic nitrogens is 2. The molecule has 1 saturated carbocycles. The third-order valence-electron chi connectivity index (χ3n) is 6.11. The molecular formula is C21H22ClN5O3. The van der Waals surface area contributed by atoms with Gasteiger partial charge in [0.1, 0.15) is 5.58 Å². The molecule has 1 aliphatic carbocycles. The molecule has 5 rings (SSSR count). The fourth-order valence-electron chi connectivity index (χ4n) is 4.61. The number of nitrogens with one attached hydrogen (secondary N) is 3. The molecule has 3 heterocycles. The van der Waals surface area contributed by atoms with Gasteiger partial charge >= 0.3 is 6.03 Å². The third kappa shape index (κ3) is 3.02. The van der Waals surface area contributed by atoms with Crippen molar-refractivity contribution in [2.24, 2.45) is 7.05 Å². The number of benzene rings is 1. The van der Waals surface area contributed by atoms with Crippen molar-refractivity contribution in [2.45, 2.75) is 44.2 Å². The van der Waals surface area contributed by atoms with Crippen LogP contribution in [0.5, 0.6) is 0 Å². The number of furan rings is 1. The summed E-state index contributed by atoms with van der Waals surface area (Å²) in [5.41, 5.74) is 2.36. The lowest BCUT2D eigenvalue weighted by atomic mass is 9.74. The van der Waals surface area contributed by atoms with Crippen molar-refractivity contribution in [1.82, 2.24) is 20.2 Å². The number of carbonyl (C=O) groups is 2. The minimum atomic E-state index is -0.528. The Morgan fingerprint density at radius 1 is 1.33 bits per heavy atom. The maximum Gasteiger partial charge on any atom is 0.319 e. The van der Waals surface area contributed by atoms with Crippen molar-refractivity contribution in [1.29, 1.82) is 0 Å². The van der Waals surface area contributed by atoms with E-state index >= 15 is 0 Å². The number of anilines is 1. The van der Waals surface area contributed by atoms with E-state index < -0.39 is 5.54 Å². The van der Waals surface area contributed by atoms with Crippen molar-refractivity contribution in [3.63, 3.8) is 0 Å². The average Bonchev–Trinajstić information content (AvgIpc) is 3.32. The Labute approximate surface area is 178 Å². The Morgan fingerprint density at radius 2 is 2.13 bits per heavy atom. The van der Waals surface area contributed by atoms with Crippen LogP contribution in [0.25, 0.3) is 11.0 Å². The molecule has 0 unspecified atom stereocenters. The lowest BCUT2D eigenvalue weighted by Gasteiger charge is -2.42. The van der Waals surface area contributed by atoms with Crippen LogP contribution in [-0.2, 0) is 19.1 Å². The topological polar surface area (TPSA) is 101 Å². The molecule has 1 aromatic carbocycles. The second kappa shape index (κ2) is 7.05. The van der Waals surface area contributed by atoms with Gasteiger partial charge in [0.15, 0.2) is 5.76 Å². The molecule has 1 spiro atoms. The van der Waals surface area contributed by atoms with Crippen LogP contribution in [0.3, 0.4) is 0 Å². The number of imidazole rings is 1. The minimum absolute atomic E-state index is 0.208. The number of amides is 3. The number of halogens is 1. The van der Waals surface area contributed by atoms with Crippen LogP contribution in [0.1, 0.15) is 53.9 Å². The van der Waals surface area contributed by atoms with Crippen LogP contribution in [0.15, 0.2) is 29.1 Å². The number of aryl methyl sites for hydroxylation is 1. The van der Waals surface area contributed by atoms with Gasteiger partial charge in [0, 0.05) is 24.2 Å². The van der Waals surface area contributed by atoms with Crippen LogP contribution in [-0.4, -0.2) is 21.5 Å². The van der Waals surface area contributed by atoms with Crippen LogP contribution < -0.4 is 16.0 Å². The molecule has 156 valence electrons. The van der Waals surface area contributed by atoms with Crippen molar-refractivity contribution in [2.75, 3.05) is 5.32 Å². The van der Waals surface area contributed by atoms with E-state index in [1.54, 1.807) is 24.7 Å². The Bertz CT molecular complexity index is 1160. The van der Waals surface area contributed by atoms with Crippen LogP contribution in [0, 0.1) is 0 Å². The predicted octanol–water partition coefficient (Wildman–Crippen LogP) is 4.04. The van der Waals surface area contributed by atoms with Gasteiger partial charge in [-0.2, -0.15) is 0 Å². The summed E-state index contributed by atoms with van der Waals surface area (Å²) in [6, 6.07) is 3.18. The van der Waals surface area contributed by atoms with Crippen molar-refractivity contribution >= 4 is 40.2 Å². The number of rotatable bonds is 3. The zero-order valence-corrected chi connectivity index (χ0v) is 17.3. The largest absolute Gasteiger partial charge is 0.450 e. The molecular weight excluding hydrogens is 406 g/mol. The second-order valence-corrected chi connectivity index (χ2v) is 8.45. The molecule has 1 fully saturated rings. The molecule has 30 heavy (non-hydrogen) atoms. The summed E-state index contributed by atoms with van der Waals surface area (Å²) in [5, 5.41) is 10.00. The molecule has 3 N–H and O–H groups in total. The molecule has 2 aliphatic rings. The van der Waals surface area contributed by atoms with Gasteiger partial charge in [-0.15, -0.1) is 0 Å². The van der Waals surface area contributed by atoms with Crippen LogP contribution in [0.2, 0.25) is 5.02 Å². The third-order valence-corrected chi connectivity index (χ3v) is 6.40. The van der Waals surface area contributed by atoms with E-state index in [-0.39, 0.29) is 17.7 Å². The summed E-state index contributed by atoms with van der Waals surface area (Å²) in [4.78, 5) is 29.1. The predicted molar refractivity (Wildman–Crippen MR) is 113 cm³/mol. The highest BCUT2D eigenvalue weighted by molar-refractivity contribution is 6.35. The fraction of sp³-hybridized carbons (Fsp3) is 0.381. The Morgan fingerprint density at radius 3 is 2.87 bits per heavy atom. The van der Waals surface area contributed by atoms with E-state index in [9.17, 15) is 9.59 Å². The van der Waals surface area contributed by atoms with E-state index in [1.165, 1.54) is 0 Å². The van der Waals surface area contributed by atoms with Gasteiger partial charge in [0.2, 0.25) is 0 Å². The molecule has 0 atom stereocenters. The number of fused-ring (bicyclic) bond motifs is 4. The molecule has 3 aromatic rings. The first-order valence-electron chi connectivity index (χ1n) is 10.1. The van der Waals surface area contributed by atoms with E-state index in [0.717, 1.165) is 48.7 Å². The van der Waals surface area contributed by atoms with Gasteiger partial charge in [0.25, 0.3) is 5.91 Å². The van der Waals surface area contributed by atoms with Crippen molar-refractivity contribution in [3.05, 3.63) is 46.7 Å². The average molecular weight is 428 g/mol. The highest BCUT2D eigenvalue weighted by atomic mass is 35.5. The van der Waals surface area contributed by atoms with Gasteiger partial charge in [-0.3, -0.25) is 4.79 Å². The highest BCUT2D eigenvalue weighted by Gasteiger charge is 2.43. The standard InChI is InChI=1S/C21H22ClN5O3/c1-27-11-23-9-13(27)10-24-19(28)15-8-12-7-14(22)17-16(18(12)30-15)21(26-20(29)25-17)5-3-2-4-6-21/h7-9,11H,2-6,10H2,1H3,(H,24,28)(H2,25,26,29). The molecule has 8 nitrogen and oxygen atoms in total. The first-order chi connectivity index (χ1) is 14.5. The number of carbonyl (C=O) groups excluding carboxylic acids is 2. The van der Waals surface area contributed by atoms with Gasteiger partial charge in [-0.1, -0.05) is 30.9 Å². The van der Waals surface area contributed by atoms with Gasteiger partial charge in [-0.25, -0.2) is 9.78 Å². The first-order valence-corrected chi connectivity index (χ1v) is 10.4. The maximum absolute atomic E-state index is 12.7. The van der Waals surface area contributed by atoms with E-state index in [1.807, 2.05) is 11.6 Å². The summed E-state index contributed by atoms with van der Waals surface area (Å²) in [5.74, 6) is -0.109. The number of hydrogen-bond acceptors (Lipinski definition) is 4. The SMILES string of the molecule is Cn1cncc1CNC(=O)c1cc2cc(Cl)c3c(c2o1)C1(CCCCC1)NC(=O)N3. The molecule has 9 heteroatoms. The monoisotopic (exact) mass is 427 g/mol. The van der Waals surface area contributed by atoms with Gasteiger partial charge in [0.05, 0.1) is 34.8 Å². The number of hydrogen-bond donors (Lipinski definition) is 3. The summed E-state index contributed by atoms with van der Waals surface area (Å²) in [6.07, 6.45) is 8.15. The molecule has 3 amide bonds. The molecule has 0 radical (unpaired) electrons. The first kappa shape index (κ1) is 19.0.